The maximum atomic E-state index is 2.41. The van der Waals surface area contributed by atoms with Gasteiger partial charge in [0.1, 0.15) is 0 Å². The molecule has 0 atom stereocenters. The Morgan fingerprint density at radius 1 is 0.875 bits per heavy atom. The zero-order valence-corrected chi connectivity index (χ0v) is 14.8. The van der Waals surface area contributed by atoms with Gasteiger partial charge in [0.05, 0.1) is 0 Å². The van der Waals surface area contributed by atoms with E-state index in [-0.39, 0.29) is 13.8 Å². The molecule has 0 aliphatic heterocycles. The van der Waals surface area contributed by atoms with Crippen LogP contribution < -0.4 is 12.4 Å². The summed E-state index contributed by atoms with van der Waals surface area (Å²) < 4.78 is 3.65. The minimum absolute atomic E-state index is 0. The van der Waals surface area contributed by atoms with Gasteiger partial charge < -0.3 is 13.8 Å². The molecule has 0 saturated heterocycles. The molecule has 0 radical (unpaired) electrons. The van der Waals surface area contributed by atoms with Gasteiger partial charge in [0.2, 0.25) is 0 Å². The average Bonchev–Trinajstić information content (AvgIpc) is 2.68. The van der Waals surface area contributed by atoms with E-state index in [1.807, 2.05) is 6.66 Å². The summed E-state index contributed by atoms with van der Waals surface area (Å²) in [4.78, 5) is 0. The Morgan fingerprint density at radius 3 is 1.50 bits per heavy atom. The molecule has 0 bridgehead atoms. The van der Waals surface area contributed by atoms with Crippen LogP contribution in [0.5, 0.6) is 0 Å². The van der Waals surface area contributed by atoms with Crippen molar-refractivity contribution >= 4 is 0 Å². The fourth-order valence-corrected chi connectivity index (χ4v) is 7.61. The number of allylic oxidation sites excluding steroid dienone is 8. The largest absolute Gasteiger partial charge is 1.00 e. The van der Waals surface area contributed by atoms with E-state index >= 15 is 0 Å². The Kier molecular flexibility index (Phi) is 5.00. The Hall–Kier alpha value is 0.120. The van der Waals surface area contributed by atoms with E-state index in [1.54, 1.807) is 11.1 Å². The van der Waals surface area contributed by atoms with Crippen molar-refractivity contribution in [1.29, 1.82) is 0 Å². The predicted molar refractivity (Wildman–Crippen MR) is 63.3 cm³/mol. The van der Waals surface area contributed by atoms with Crippen LogP contribution in [0.25, 0.3) is 0 Å². The smallest absolute Gasteiger partial charge is 1.00 e. The van der Waals surface area contributed by atoms with Crippen molar-refractivity contribution < 1.29 is 36.7 Å². The molecule has 86 valence electrons. The second-order valence-corrected chi connectivity index (χ2v) is 9.75. The van der Waals surface area contributed by atoms with Crippen LogP contribution in [-0.4, -0.2) is 0 Å². The van der Waals surface area contributed by atoms with E-state index in [2.05, 4.69) is 39.8 Å². The first-order valence-electron chi connectivity index (χ1n) is 5.60. The topological polar surface area (TPSA) is 0 Å². The summed E-state index contributed by atoms with van der Waals surface area (Å²) in [7, 11) is 0. The van der Waals surface area contributed by atoms with Crippen molar-refractivity contribution in [2.45, 2.75) is 40.5 Å². The summed E-state index contributed by atoms with van der Waals surface area (Å²) in [6.45, 7) is 9.13. The van der Waals surface area contributed by atoms with Crippen LogP contribution in [0, 0.1) is 0 Å². The molecule has 2 heteroatoms. The van der Waals surface area contributed by atoms with E-state index in [0.717, 1.165) is 0 Å². The van der Waals surface area contributed by atoms with E-state index in [1.165, 1.54) is 24.0 Å². The Bertz CT molecular complexity index is 388. The molecule has 0 aromatic heterocycles. The molecule has 0 saturated carbocycles. The SMILES string of the molecule is CC1=CC[C]([Hf+2][C]2=C(C)C(C)=CC2)=C1C.[Cl-].[H-]. The summed E-state index contributed by atoms with van der Waals surface area (Å²) >= 11 is -0.672. The fraction of sp³-hybridized carbons (Fsp3) is 0.429. The summed E-state index contributed by atoms with van der Waals surface area (Å²) in [5, 5.41) is 0. The molecule has 2 aliphatic carbocycles. The first-order chi connectivity index (χ1) is 7.09. The van der Waals surface area contributed by atoms with Gasteiger partial charge in [0.15, 0.2) is 0 Å². The van der Waals surface area contributed by atoms with Gasteiger partial charge in [-0.25, -0.2) is 0 Å². The monoisotopic (exact) mass is 402 g/mol. The predicted octanol–water partition coefficient (Wildman–Crippen LogP) is 1.43. The molecular weight excluding hydrogens is 382 g/mol. The minimum Gasteiger partial charge on any atom is -1.00 e. The summed E-state index contributed by atoms with van der Waals surface area (Å²) in [5.74, 6) is 0. The molecule has 0 heterocycles. The van der Waals surface area contributed by atoms with Crippen LogP contribution in [0.1, 0.15) is 42.0 Å². The van der Waals surface area contributed by atoms with Crippen molar-refractivity contribution in [2.75, 3.05) is 0 Å². The first-order valence-corrected chi connectivity index (χ1v) is 9.19. The molecule has 16 heavy (non-hydrogen) atoms. The van der Waals surface area contributed by atoms with Gasteiger partial charge in [-0.2, -0.15) is 0 Å². The third-order valence-electron chi connectivity index (χ3n) is 3.61. The zero-order chi connectivity index (χ0) is 11.0. The standard InChI is InChI=1S/2C7H9.ClH.Hf.H/c2*1-6-4-3-5-7(6)2;;;/h2*4H,3H2,1-2H3;1H;;/q;;;+2;-1/p-1. The van der Waals surface area contributed by atoms with Crippen LogP contribution in [-0.2, 0) is 22.9 Å². The van der Waals surface area contributed by atoms with Crippen molar-refractivity contribution in [2.24, 2.45) is 0 Å². The van der Waals surface area contributed by atoms with Gasteiger partial charge in [-0.3, -0.25) is 0 Å². The Balaban J connectivity index is 0.00000128. The van der Waals surface area contributed by atoms with Crippen molar-refractivity contribution in [3.8, 4) is 0 Å². The zero-order valence-electron chi connectivity index (χ0n) is 11.4. The molecule has 0 aromatic carbocycles. The molecule has 0 nitrogen and oxygen atoms in total. The second-order valence-electron chi connectivity index (χ2n) is 4.51. The molecule has 2 rings (SSSR count). The van der Waals surface area contributed by atoms with Gasteiger partial charge >= 0.3 is 105 Å². The van der Waals surface area contributed by atoms with Gasteiger partial charge in [0, 0.05) is 0 Å². The number of halogens is 1. The van der Waals surface area contributed by atoms with Crippen molar-refractivity contribution in [3.63, 3.8) is 0 Å². The molecule has 0 unspecified atom stereocenters. The quantitative estimate of drug-likeness (QED) is 0.615. The maximum Gasteiger partial charge on any atom is -1.00 e. The summed E-state index contributed by atoms with van der Waals surface area (Å²) in [6.07, 6.45) is 7.33. The molecule has 0 amide bonds. The molecule has 0 N–H and O–H groups in total. The van der Waals surface area contributed by atoms with E-state index < -0.39 is 22.9 Å². The third kappa shape index (κ3) is 2.68. The van der Waals surface area contributed by atoms with Crippen LogP contribution in [0.3, 0.4) is 0 Å². The second kappa shape index (κ2) is 5.64. The summed E-state index contributed by atoms with van der Waals surface area (Å²) in [6, 6.07) is 0. The number of hydrogen-bond acceptors (Lipinski definition) is 0. The summed E-state index contributed by atoms with van der Waals surface area (Å²) in [5.41, 5.74) is 6.28. The van der Waals surface area contributed by atoms with Gasteiger partial charge in [-0.15, -0.1) is 0 Å². The first kappa shape index (κ1) is 14.2. The van der Waals surface area contributed by atoms with E-state index in [0.29, 0.717) is 0 Å². The van der Waals surface area contributed by atoms with Crippen LogP contribution in [0.15, 0.2) is 41.1 Å². The third-order valence-corrected chi connectivity index (χ3v) is 9.94. The van der Waals surface area contributed by atoms with Gasteiger partial charge in [-0.05, 0) is 0 Å². The number of rotatable bonds is 2. The molecular formula is C14H19ClHf. The van der Waals surface area contributed by atoms with Crippen LogP contribution in [0.2, 0.25) is 0 Å². The van der Waals surface area contributed by atoms with E-state index in [9.17, 15) is 0 Å². The van der Waals surface area contributed by atoms with Gasteiger partial charge in [0.25, 0.3) is 0 Å². The minimum atomic E-state index is -0.672. The Labute approximate surface area is 118 Å². The van der Waals surface area contributed by atoms with Crippen LogP contribution >= 0.6 is 0 Å². The normalized spacial score (nSPS) is 19.5. The molecule has 0 spiro atoms. The average molecular weight is 401 g/mol. The number of hydrogen-bond donors (Lipinski definition) is 0. The maximum absolute atomic E-state index is 2.41. The molecule has 0 aromatic rings. The molecule has 0 fully saturated rings. The van der Waals surface area contributed by atoms with Crippen molar-refractivity contribution in [3.05, 3.63) is 41.1 Å². The van der Waals surface area contributed by atoms with Crippen molar-refractivity contribution in [1.82, 2.24) is 0 Å². The van der Waals surface area contributed by atoms with Gasteiger partial charge in [-0.1, -0.05) is 0 Å². The van der Waals surface area contributed by atoms with E-state index in [4.69, 9.17) is 0 Å². The Morgan fingerprint density at radius 2 is 1.25 bits per heavy atom. The van der Waals surface area contributed by atoms with Crippen LogP contribution in [0.4, 0.5) is 0 Å². The fourth-order valence-electron chi connectivity index (χ4n) is 2.07. The molecule has 2 aliphatic rings.